The summed E-state index contributed by atoms with van der Waals surface area (Å²) < 4.78 is 16.2. The van der Waals surface area contributed by atoms with Gasteiger partial charge in [-0.3, -0.25) is 0 Å². The van der Waals surface area contributed by atoms with Gasteiger partial charge >= 0.3 is 11.9 Å². The minimum absolute atomic E-state index is 0.320. The van der Waals surface area contributed by atoms with Crippen molar-refractivity contribution in [1.82, 2.24) is 0 Å². The second-order valence-electron chi connectivity index (χ2n) is 7.44. The predicted octanol–water partition coefficient (Wildman–Crippen LogP) is 6.55. The molecule has 0 heterocycles. The monoisotopic (exact) mass is 462 g/mol. The molecule has 0 spiro atoms. The van der Waals surface area contributed by atoms with E-state index in [9.17, 15) is 9.59 Å². The summed E-state index contributed by atoms with van der Waals surface area (Å²) in [5.41, 5.74) is 3.30. The van der Waals surface area contributed by atoms with E-state index in [0.717, 1.165) is 16.7 Å². The molecule has 5 nitrogen and oxygen atoms in total. The fourth-order valence-electron chi connectivity index (χ4n) is 2.74. The molecule has 0 aromatic heterocycles. The summed E-state index contributed by atoms with van der Waals surface area (Å²) in [7, 11) is 0. The lowest BCUT2D eigenvalue weighted by atomic mass is 10.0. The number of esters is 2. The Bertz CT molecular complexity index is 1190. The zero-order valence-corrected chi connectivity index (χ0v) is 19.1. The van der Waals surface area contributed by atoms with Crippen LogP contribution in [0.15, 0.2) is 91.0 Å². The minimum atomic E-state index is -0.471. The molecule has 0 fully saturated rings. The SMILES string of the molecule is C=C(C)C(=O)Oc1ccc(OCc2ccc(-c3ccc(OC(=O)C(=C)C)cc3)c(Cl)c2)cc1. The molecular formula is C27H23ClO5. The van der Waals surface area contributed by atoms with Crippen molar-refractivity contribution in [2.24, 2.45) is 0 Å². The van der Waals surface area contributed by atoms with E-state index in [1.54, 1.807) is 50.2 Å². The normalized spacial score (nSPS) is 10.3. The minimum Gasteiger partial charge on any atom is -0.489 e. The molecule has 0 aliphatic heterocycles. The summed E-state index contributed by atoms with van der Waals surface area (Å²) in [4.78, 5) is 23.2. The Balaban J connectivity index is 1.61. The van der Waals surface area contributed by atoms with E-state index in [4.69, 9.17) is 25.8 Å². The van der Waals surface area contributed by atoms with Crippen molar-refractivity contribution in [1.29, 1.82) is 0 Å². The van der Waals surface area contributed by atoms with Crippen LogP contribution in [0.2, 0.25) is 5.02 Å². The van der Waals surface area contributed by atoms with Crippen LogP contribution in [0, 0.1) is 0 Å². The van der Waals surface area contributed by atoms with Crippen molar-refractivity contribution < 1.29 is 23.8 Å². The Kier molecular flexibility index (Phi) is 7.70. The van der Waals surface area contributed by atoms with Gasteiger partial charge in [0, 0.05) is 21.7 Å². The van der Waals surface area contributed by atoms with Crippen LogP contribution in [0.5, 0.6) is 17.2 Å². The molecule has 0 unspecified atom stereocenters. The lowest BCUT2D eigenvalue weighted by Gasteiger charge is -2.11. The van der Waals surface area contributed by atoms with E-state index in [1.165, 1.54) is 0 Å². The molecule has 0 bridgehead atoms. The molecule has 168 valence electrons. The van der Waals surface area contributed by atoms with Crippen molar-refractivity contribution in [3.8, 4) is 28.4 Å². The average molecular weight is 463 g/mol. The van der Waals surface area contributed by atoms with Gasteiger partial charge in [0.2, 0.25) is 0 Å². The van der Waals surface area contributed by atoms with E-state index in [-0.39, 0.29) is 0 Å². The van der Waals surface area contributed by atoms with Crippen molar-refractivity contribution in [3.63, 3.8) is 0 Å². The lowest BCUT2D eigenvalue weighted by molar-refractivity contribution is -0.130. The standard InChI is InChI=1S/C27H23ClO5/c1-17(2)26(29)32-22-8-6-20(7-9-22)24-14-5-19(15-25(24)28)16-31-21-10-12-23(13-11-21)33-27(30)18(3)4/h5-15H,1,3,16H2,2,4H3. The molecular weight excluding hydrogens is 440 g/mol. The van der Waals surface area contributed by atoms with Crippen molar-refractivity contribution in [3.05, 3.63) is 102 Å². The second kappa shape index (κ2) is 10.7. The van der Waals surface area contributed by atoms with Crippen LogP contribution < -0.4 is 14.2 Å². The molecule has 3 rings (SSSR count). The maximum Gasteiger partial charge on any atom is 0.338 e. The smallest absolute Gasteiger partial charge is 0.338 e. The van der Waals surface area contributed by atoms with Crippen LogP contribution in [-0.2, 0) is 16.2 Å². The highest BCUT2D eigenvalue weighted by Gasteiger charge is 2.09. The van der Waals surface area contributed by atoms with Crippen molar-refractivity contribution >= 4 is 23.5 Å². The largest absolute Gasteiger partial charge is 0.489 e. The zero-order valence-electron chi connectivity index (χ0n) is 18.4. The highest BCUT2D eigenvalue weighted by molar-refractivity contribution is 6.33. The fourth-order valence-corrected chi connectivity index (χ4v) is 3.06. The average Bonchev–Trinajstić information content (AvgIpc) is 2.79. The molecule has 0 atom stereocenters. The summed E-state index contributed by atoms with van der Waals surface area (Å²) in [6.07, 6.45) is 0. The number of halogens is 1. The van der Waals surface area contributed by atoms with Gasteiger partial charge in [0.25, 0.3) is 0 Å². The maximum atomic E-state index is 11.6. The number of ether oxygens (including phenoxy) is 3. The first-order valence-corrected chi connectivity index (χ1v) is 10.5. The number of rotatable bonds is 8. The molecule has 0 saturated heterocycles. The number of hydrogen-bond acceptors (Lipinski definition) is 5. The van der Waals surface area contributed by atoms with E-state index in [1.807, 2.05) is 30.3 Å². The Hall–Kier alpha value is -3.83. The third kappa shape index (κ3) is 6.57. The predicted molar refractivity (Wildman–Crippen MR) is 129 cm³/mol. The van der Waals surface area contributed by atoms with Gasteiger partial charge in [-0.15, -0.1) is 0 Å². The Labute approximate surface area is 197 Å². The van der Waals surface area contributed by atoms with Gasteiger partial charge in [-0.1, -0.05) is 49.0 Å². The summed E-state index contributed by atoms with van der Waals surface area (Å²) in [5.74, 6) is 0.551. The Morgan fingerprint density at radius 1 is 0.758 bits per heavy atom. The van der Waals surface area contributed by atoms with Crippen molar-refractivity contribution in [2.75, 3.05) is 0 Å². The van der Waals surface area contributed by atoms with E-state index >= 15 is 0 Å². The van der Waals surface area contributed by atoms with Crippen LogP contribution in [0.4, 0.5) is 0 Å². The quantitative estimate of drug-likeness (QED) is 0.216. The van der Waals surface area contributed by atoms with Gasteiger partial charge in [-0.2, -0.15) is 0 Å². The number of carbonyl (C=O) groups is 2. The van der Waals surface area contributed by atoms with Crippen LogP contribution in [0.25, 0.3) is 11.1 Å². The molecule has 33 heavy (non-hydrogen) atoms. The summed E-state index contributed by atoms with van der Waals surface area (Å²) in [6.45, 7) is 10.6. The topological polar surface area (TPSA) is 61.8 Å². The number of hydrogen-bond donors (Lipinski definition) is 0. The molecule has 3 aromatic rings. The molecule has 0 aliphatic carbocycles. The maximum absolute atomic E-state index is 11.6. The van der Waals surface area contributed by atoms with Crippen LogP contribution in [-0.4, -0.2) is 11.9 Å². The summed E-state index contributed by atoms with van der Waals surface area (Å²) in [6, 6.07) is 19.5. The van der Waals surface area contributed by atoms with Crippen LogP contribution in [0.1, 0.15) is 19.4 Å². The van der Waals surface area contributed by atoms with E-state index in [2.05, 4.69) is 13.2 Å². The number of carbonyl (C=O) groups excluding carboxylic acids is 2. The van der Waals surface area contributed by atoms with E-state index < -0.39 is 11.9 Å². The molecule has 0 saturated carbocycles. The summed E-state index contributed by atoms with van der Waals surface area (Å²) in [5, 5.41) is 0.574. The highest BCUT2D eigenvalue weighted by atomic mass is 35.5. The van der Waals surface area contributed by atoms with Gasteiger partial charge in [0.05, 0.1) is 0 Å². The van der Waals surface area contributed by atoms with Gasteiger partial charge in [-0.25, -0.2) is 9.59 Å². The third-order valence-electron chi connectivity index (χ3n) is 4.55. The second-order valence-corrected chi connectivity index (χ2v) is 7.85. The first-order valence-electron chi connectivity index (χ1n) is 10.1. The Morgan fingerprint density at radius 3 is 1.73 bits per heavy atom. The van der Waals surface area contributed by atoms with E-state index in [0.29, 0.717) is 40.0 Å². The third-order valence-corrected chi connectivity index (χ3v) is 4.86. The van der Waals surface area contributed by atoms with Crippen molar-refractivity contribution in [2.45, 2.75) is 20.5 Å². The number of benzene rings is 3. The molecule has 0 amide bonds. The van der Waals surface area contributed by atoms with Gasteiger partial charge in [0.1, 0.15) is 23.9 Å². The fraction of sp³-hybridized carbons (Fsp3) is 0.111. The molecule has 0 N–H and O–H groups in total. The first kappa shape index (κ1) is 23.8. The molecule has 0 aliphatic rings. The molecule has 6 heteroatoms. The molecule has 3 aromatic carbocycles. The highest BCUT2D eigenvalue weighted by Crippen LogP contribution is 2.30. The summed E-state index contributed by atoms with van der Waals surface area (Å²) >= 11 is 6.50. The van der Waals surface area contributed by atoms with Gasteiger partial charge in [-0.05, 0) is 67.4 Å². The lowest BCUT2D eigenvalue weighted by Crippen LogP contribution is -2.08. The van der Waals surface area contributed by atoms with Crippen LogP contribution >= 0.6 is 11.6 Å². The van der Waals surface area contributed by atoms with Gasteiger partial charge < -0.3 is 14.2 Å². The van der Waals surface area contributed by atoms with Crippen LogP contribution in [0.3, 0.4) is 0 Å². The zero-order chi connectivity index (χ0) is 24.0. The van der Waals surface area contributed by atoms with Gasteiger partial charge in [0.15, 0.2) is 0 Å². The Morgan fingerprint density at radius 2 is 1.24 bits per heavy atom. The first-order chi connectivity index (χ1) is 15.7. The molecule has 0 radical (unpaired) electrons.